The molecular formula is C11H20N4O. The van der Waals surface area contributed by atoms with Gasteiger partial charge in [0.05, 0.1) is 6.20 Å². The summed E-state index contributed by atoms with van der Waals surface area (Å²) in [5.74, 6) is 0.0873. The molecule has 0 radical (unpaired) electrons. The highest BCUT2D eigenvalue weighted by Crippen LogP contribution is 2.07. The molecule has 1 atom stereocenters. The van der Waals surface area contributed by atoms with Crippen LogP contribution in [0.1, 0.15) is 32.4 Å². The molecular weight excluding hydrogens is 204 g/mol. The first-order valence-electron chi connectivity index (χ1n) is 5.64. The first-order chi connectivity index (χ1) is 7.58. The molecule has 0 aliphatic heterocycles. The second kappa shape index (κ2) is 5.65. The van der Waals surface area contributed by atoms with Crippen LogP contribution in [0, 0.1) is 0 Å². The average Bonchev–Trinajstić information content (AvgIpc) is 2.68. The van der Waals surface area contributed by atoms with Gasteiger partial charge in [0, 0.05) is 30.9 Å². The van der Waals surface area contributed by atoms with E-state index in [2.05, 4.69) is 5.10 Å². The van der Waals surface area contributed by atoms with Crippen LogP contribution in [-0.4, -0.2) is 33.7 Å². The smallest absolute Gasteiger partial charge is 0.244 e. The fraction of sp³-hybridized carbons (Fsp3) is 0.636. The summed E-state index contributed by atoms with van der Waals surface area (Å²) in [5, 5.41) is 4.12. The Kier molecular flexibility index (Phi) is 4.49. The van der Waals surface area contributed by atoms with Crippen LogP contribution in [0.2, 0.25) is 0 Å². The van der Waals surface area contributed by atoms with Crippen LogP contribution < -0.4 is 5.73 Å². The van der Waals surface area contributed by atoms with Gasteiger partial charge in [-0.3, -0.25) is 9.48 Å². The van der Waals surface area contributed by atoms with Gasteiger partial charge in [-0.15, -0.1) is 0 Å². The van der Waals surface area contributed by atoms with Gasteiger partial charge in [0.15, 0.2) is 0 Å². The molecule has 0 aliphatic rings. The van der Waals surface area contributed by atoms with Gasteiger partial charge < -0.3 is 10.6 Å². The maximum absolute atomic E-state index is 11.8. The molecule has 0 unspecified atom stereocenters. The average molecular weight is 224 g/mol. The van der Waals surface area contributed by atoms with E-state index >= 15 is 0 Å². The number of likely N-dealkylation sites (N-methyl/N-ethyl adjacent to an activating group) is 1. The Hall–Kier alpha value is -1.36. The largest absolute Gasteiger partial charge is 0.342 e. The number of rotatable bonds is 5. The van der Waals surface area contributed by atoms with E-state index < -0.39 is 0 Å². The highest BCUT2D eigenvalue weighted by atomic mass is 16.2. The topological polar surface area (TPSA) is 64.2 Å². The van der Waals surface area contributed by atoms with Crippen LogP contribution in [0.25, 0.3) is 0 Å². The van der Waals surface area contributed by atoms with Crippen LogP contribution >= 0.6 is 0 Å². The van der Waals surface area contributed by atoms with E-state index in [1.807, 2.05) is 27.0 Å². The van der Waals surface area contributed by atoms with Crippen molar-refractivity contribution in [1.82, 2.24) is 14.7 Å². The molecule has 1 aromatic rings. The standard InChI is InChI=1S/C11H20N4O/c1-4-14(5-2)11(16)8-15-7-10(6-13-15)9(3)12/h6-7,9H,4-5,8,12H2,1-3H3/t9-/m0/s1. The van der Waals surface area contributed by atoms with E-state index in [9.17, 15) is 4.79 Å². The van der Waals surface area contributed by atoms with E-state index in [0.29, 0.717) is 0 Å². The van der Waals surface area contributed by atoms with Gasteiger partial charge >= 0.3 is 0 Å². The third kappa shape index (κ3) is 3.06. The summed E-state index contributed by atoms with van der Waals surface area (Å²) >= 11 is 0. The molecule has 0 aromatic carbocycles. The van der Waals surface area contributed by atoms with Crippen molar-refractivity contribution in [1.29, 1.82) is 0 Å². The second-order valence-electron chi connectivity index (χ2n) is 3.83. The van der Waals surface area contributed by atoms with Crippen molar-refractivity contribution in [3.8, 4) is 0 Å². The van der Waals surface area contributed by atoms with Gasteiger partial charge in [0.2, 0.25) is 5.91 Å². The fourth-order valence-corrected chi connectivity index (χ4v) is 1.52. The van der Waals surface area contributed by atoms with E-state index in [1.54, 1.807) is 15.8 Å². The lowest BCUT2D eigenvalue weighted by atomic mass is 10.2. The van der Waals surface area contributed by atoms with Crippen molar-refractivity contribution < 1.29 is 4.79 Å². The molecule has 90 valence electrons. The SMILES string of the molecule is CCN(CC)C(=O)Cn1cc([C@H](C)N)cn1. The van der Waals surface area contributed by atoms with Crippen LogP contribution in [0.5, 0.6) is 0 Å². The Bertz CT molecular complexity index is 342. The number of nitrogens with zero attached hydrogens (tertiary/aromatic N) is 3. The first kappa shape index (κ1) is 12.7. The van der Waals surface area contributed by atoms with Gasteiger partial charge in [0.25, 0.3) is 0 Å². The molecule has 0 spiro atoms. The summed E-state index contributed by atoms with van der Waals surface area (Å²) in [4.78, 5) is 13.6. The quantitative estimate of drug-likeness (QED) is 0.803. The summed E-state index contributed by atoms with van der Waals surface area (Å²) in [7, 11) is 0. The maximum Gasteiger partial charge on any atom is 0.244 e. The predicted molar refractivity (Wildman–Crippen MR) is 62.8 cm³/mol. The van der Waals surface area contributed by atoms with Crippen LogP contribution in [0.3, 0.4) is 0 Å². The monoisotopic (exact) mass is 224 g/mol. The van der Waals surface area contributed by atoms with Crippen LogP contribution in [-0.2, 0) is 11.3 Å². The second-order valence-corrected chi connectivity index (χ2v) is 3.83. The normalized spacial score (nSPS) is 12.5. The summed E-state index contributed by atoms with van der Waals surface area (Å²) in [5.41, 5.74) is 6.67. The van der Waals surface area contributed by atoms with E-state index in [4.69, 9.17) is 5.73 Å². The third-order valence-electron chi connectivity index (χ3n) is 2.59. The predicted octanol–water partition coefficient (Wildman–Crippen LogP) is 0.771. The first-order valence-corrected chi connectivity index (χ1v) is 5.64. The zero-order valence-corrected chi connectivity index (χ0v) is 10.2. The summed E-state index contributed by atoms with van der Waals surface area (Å²) in [6, 6.07) is -0.0442. The van der Waals surface area contributed by atoms with Crippen molar-refractivity contribution >= 4 is 5.91 Å². The fourth-order valence-electron chi connectivity index (χ4n) is 1.52. The molecule has 2 N–H and O–H groups in total. The zero-order valence-electron chi connectivity index (χ0n) is 10.2. The Labute approximate surface area is 96.2 Å². The van der Waals surface area contributed by atoms with Gasteiger partial charge in [-0.1, -0.05) is 0 Å². The third-order valence-corrected chi connectivity index (χ3v) is 2.59. The molecule has 5 heteroatoms. The molecule has 0 fully saturated rings. The van der Waals surface area contributed by atoms with Gasteiger partial charge in [-0.05, 0) is 20.8 Å². The van der Waals surface area contributed by atoms with Crippen molar-refractivity contribution in [2.24, 2.45) is 5.73 Å². The van der Waals surface area contributed by atoms with Crippen molar-refractivity contribution in [2.75, 3.05) is 13.1 Å². The molecule has 1 rings (SSSR count). The Morgan fingerprint density at radius 1 is 1.56 bits per heavy atom. The number of aromatic nitrogens is 2. The molecule has 0 aliphatic carbocycles. The van der Waals surface area contributed by atoms with E-state index in [-0.39, 0.29) is 18.5 Å². The van der Waals surface area contributed by atoms with E-state index in [1.165, 1.54) is 0 Å². The molecule has 0 saturated heterocycles. The van der Waals surface area contributed by atoms with Gasteiger partial charge in [-0.2, -0.15) is 5.10 Å². The molecule has 0 bridgehead atoms. The molecule has 16 heavy (non-hydrogen) atoms. The van der Waals surface area contributed by atoms with Crippen molar-refractivity contribution in [3.05, 3.63) is 18.0 Å². The Morgan fingerprint density at radius 2 is 2.19 bits per heavy atom. The molecule has 5 nitrogen and oxygen atoms in total. The number of nitrogens with two attached hydrogens (primary N) is 1. The number of carbonyl (C=O) groups excluding carboxylic acids is 1. The molecule has 1 heterocycles. The summed E-state index contributed by atoms with van der Waals surface area (Å²) in [6.45, 7) is 7.59. The van der Waals surface area contributed by atoms with Gasteiger partial charge in [-0.25, -0.2) is 0 Å². The molecule has 0 saturated carbocycles. The summed E-state index contributed by atoms with van der Waals surface area (Å²) in [6.07, 6.45) is 3.53. The van der Waals surface area contributed by atoms with E-state index in [0.717, 1.165) is 18.7 Å². The lowest BCUT2D eigenvalue weighted by molar-refractivity contribution is -0.131. The number of hydrogen-bond donors (Lipinski definition) is 1. The number of amides is 1. The van der Waals surface area contributed by atoms with Gasteiger partial charge in [0.1, 0.15) is 6.54 Å². The van der Waals surface area contributed by atoms with Crippen molar-refractivity contribution in [3.63, 3.8) is 0 Å². The summed E-state index contributed by atoms with van der Waals surface area (Å²) < 4.78 is 1.64. The highest BCUT2D eigenvalue weighted by molar-refractivity contribution is 5.75. The minimum Gasteiger partial charge on any atom is -0.342 e. The number of carbonyl (C=O) groups is 1. The Balaban J connectivity index is 2.62. The van der Waals surface area contributed by atoms with Crippen molar-refractivity contribution in [2.45, 2.75) is 33.4 Å². The zero-order chi connectivity index (χ0) is 12.1. The highest BCUT2D eigenvalue weighted by Gasteiger charge is 2.11. The lowest BCUT2D eigenvalue weighted by Crippen LogP contribution is -2.33. The maximum atomic E-state index is 11.8. The minimum absolute atomic E-state index is 0.0442. The molecule has 1 amide bonds. The van der Waals surface area contributed by atoms with Crippen LogP contribution in [0.4, 0.5) is 0 Å². The minimum atomic E-state index is -0.0442. The number of hydrogen-bond acceptors (Lipinski definition) is 3. The Morgan fingerprint density at radius 3 is 2.62 bits per heavy atom. The van der Waals surface area contributed by atoms with Crippen LogP contribution in [0.15, 0.2) is 12.4 Å². The lowest BCUT2D eigenvalue weighted by Gasteiger charge is -2.18. The molecule has 1 aromatic heterocycles.